The van der Waals surface area contributed by atoms with E-state index in [2.05, 4.69) is 0 Å². The molecule has 0 aliphatic heterocycles. The van der Waals surface area contributed by atoms with Gasteiger partial charge in [0.2, 0.25) is 5.09 Å². The molecule has 0 fully saturated rings. The van der Waals surface area contributed by atoms with Gasteiger partial charge in [-0.05, 0) is 37.6 Å². The fourth-order valence-electron chi connectivity index (χ4n) is 1.99. The molecule has 0 radical (unpaired) electrons. The third-order valence-electron chi connectivity index (χ3n) is 2.98. The zero-order chi connectivity index (χ0) is 14.8. The first-order valence-electron chi connectivity index (χ1n) is 6.23. The second kappa shape index (κ2) is 5.89. The van der Waals surface area contributed by atoms with E-state index < -0.39 is 10.0 Å². The Morgan fingerprint density at radius 1 is 1.20 bits per heavy atom. The van der Waals surface area contributed by atoms with Crippen molar-refractivity contribution in [1.29, 1.82) is 0 Å². The summed E-state index contributed by atoms with van der Waals surface area (Å²) < 4.78 is 31.9. The van der Waals surface area contributed by atoms with Crippen LogP contribution in [-0.2, 0) is 15.9 Å². The first-order valence-corrected chi connectivity index (χ1v) is 8.21. The number of anilines is 1. The van der Waals surface area contributed by atoms with Crippen molar-refractivity contribution >= 4 is 27.3 Å². The van der Waals surface area contributed by atoms with E-state index in [9.17, 15) is 8.42 Å². The average Bonchev–Trinajstić information content (AvgIpc) is 2.91. The van der Waals surface area contributed by atoms with E-state index in [-0.39, 0.29) is 11.0 Å². The van der Waals surface area contributed by atoms with Crippen molar-refractivity contribution in [1.82, 2.24) is 0 Å². The minimum absolute atomic E-state index is 0.0850. The smallest absolute Gasteiger partial charge is 0.297 e. The molecule has 1 heterocycles. The van der Waals surface area contributed by atoms with Crippen LogP contribution in [0.5, 0.6) is 0 Å². The van der Waals surface area contributed by atoms with Gasteiger partial charge in [0.15, 0.2) is 0 Å². The van der Waals surface area contributed by atoms with Crippen molar-refractivity contribution in [2.24, 2.45) is 0 Å². The monoisotopic (exact) mass is 313 g/mol. The average molecular weight is 314 g/mol. The molecule has 0 saturated carbocycles. The van der Waals surface area contributed by atoms with Crippen molar-refractivity contribution in [3.05, 3.63) is 47.7 Å². The van der Waals surface area contributed by atoms with Crippen molar-refractivity contribution in [2.45, 2.75) is 24.8 Å². The van der Waals surface area contributed by atoms with Crippen molar-refractivity contribution < 1.29 is 12.8 Å². The van der Waals surface area contributed by atoms with E-state index in [4.69, 9.17) is 16.0 Å². The Morgan fingerprint density at radius 2 is 1.90 bits per heavy atom. The topological polar surface area (TPSA) is 50.5 Å². The molecular weight excluding hydrogens is 298 g/mol. The summed E-state index contributed by atoms with van der Waals surface area (Å²) in [6.07, 6.45) is 0. The Bertz CT molecular complexity index is 694. The van der Waals surface area contributed by atoms with Gasteiger partial charge in [0.1, 0.15) is 5.76 Å². The van der Waals surface area contributed by atoms with Crippen LogP contribution in [-0.4, -0.2) is 15.0 Å². The van der Waals surface area contributed by atoms with Gasteiger partial charge in [-0.1, -0.05) is 18.2 Å². The van der Waals surface area contributed by atoms with Gasteiger partial charge in [-0.2, -0.15) is 8.42 Å². The summed E-state index contributed by atoms with van der Waals surface area (Å²) in [6.45, 7) is 3.99. The van der Waals surface area contributed by atoms with E-state index in [1.165, 1.54) is 10.4 Å². The van der Waals surface area contributed by atoms with E-state index in [0.29, 0.717) is 18.0 Å². The Kier molecular flexibility index (Phi) is 4.40. The summed E-state index contributed by atoms with van der Waals surface area (Å²) in [5.41, 5.74) is 1.54. The molecule has 20 heavy (non-hydrogen) atoms. The number of furan rings is 1. The summed E-state index contributed by atoms with van der Waals surface area (Å²) in [7, 11) is -3.71. The van der Waals surface area contributed by atoms with Crippen LogP contribution < -0.4 is 4.31 Å². The van der Waals surface area contributed by atoms with Crippen LogP contribution in [0.4, 0.5) is 5.69 Å². The van der Waals surface area contributed by atoms with Gasteiger partial charge in [0.05, 0.1) is 11.6 Å². The van der Waals surface area contributed by atoms with E-state index in [1.54, 1.807) is 19.1 Å². The minimum Gasteiger partial charge on any atom is -0.447 e. The fraction of sp³-hybridized carbons (Fsp3) is 0.286. The van der Waals surface area contributed by atoms with Gasteiger partial charge in [-0.25, -0.2) is 0 Å². The van der Waals surface area contributed by atoms with Crippen LogP contribution in [0.25, 0.3) is 0 Å². The Morgan fingerprint density at radius 3 is 2.45 bits per heavy atom. The number of alkyl halides is 1. The van der Waals surface area contributed by atoms with Gasteiger partial charge in [-0.3, -0.25) is 4.31 Å². The second-order valence-corrected chi connectivity index (χ2v) is 6.37. The summed E-state index contributed by atoms with van der Waals surface area (Å²) in [5.74, 6) is 0.581. The zero-order valence-corrected chi connectivity index (χ0v) is 12.9. The van der Waals surface area contributed by atoms with Crippen molar-refractivity contribution in [3.63, 3.8) is 0 Å². The molecule has 2 aromatic rings. The molecule has 2 rings (SSSR count). The molecule has 0 atom stereocenters. The predicted octanol–water partition coefficient (Wildman–Crippen LogP) is 3.54. The molecule has 0 aliphatic rings. The number of para-hydroxylation sites is 1. The Balaban J connectivity index is 2.48. The lowest BCUT2D eigenvalue weighted by Gasteiger charge is -2.23. The number of rotatable bonds is 5. The predicted molar refractivity (Wildman–Crippen MR) is 79.6 cm³/mol. The summed E-state index contributed by atoms with van der Waals surface area (Å²) >= 11 is 5.64. The van der Waals surface area contributed by atoms with Crippen molar-refractivity contribution in [3.8, 4) is 0 Å². The first-order chi connectivity index (χ1) is 9.50. The Hall–Kier alpha value is -1.46. The normalized spacial score (nSPS) is 11.6. The summed E-state index contributed by atoms with van der Waals surface area (Å²) in [4.78, 5) is 0. The maximum Gasteiger partial charge on any atom is 0.297 e. The fourth-order valence-corrected chi connectivity index (χ4v) is 3.61. The molecule has 6 heteroatoms. The number of hydrogen-bond donors (Lipinski definition) is 0. The molecule has 0 unspecified atom stereocenters. The van der Waals surface area contributed by atoms with Crippen LogP contribution in [0.15, 0.2) is 45.9 Å². The van der Waals surface area contributed by atoms with Gasteiger partial charge in [0.25, 0.3) is 10.0 Å². The molecule has 0 bridgehead atoms. The molecule has 108 valence electrons. The molecule has 0 saturated heterocycles. The molecular formula is C14H16ClNO3S. The number of aryl methyl sites for hydroxylation is 1. The highest BCUT2D eigenvalue weighted by molar-refractivity contribution is 7.92. The summed E-state index contributed by atoms with van der Waals surface area (Å²) in [5, 5.41) is -0.0850. The van der Waals surface area contributed by atoms with Gasteiger partial charge in [-0.15, -0.1) is 11.6 Å². The second-order valence-electron chi connectivity index (χ2n) is 4.31. The van der Waals surface area contributed by atoms with Gasteiger partial charge < -0.3 is 4.42 Å². The van der Waals surface area contributed by atoms with Gasteiger partial charge >= 0.3 is 0 Å². The number of nitrogens with zero attached hydrogens (tertiary/aromatic N) is 1. The van der Waals surface area contributed by atoms with Crippen LogP contribution in [0.3, 0.4) is 0 Å². The van der Waals surface area contributed by atoms with Gasteiger partial charge in [0, 0.05) is 6.54 Å². The first kappa shape index (κ1) is 14.9. The summed E-state index contributed by atoms with van der Waals surface area (Å²) in [6, 6.07) is 10.4. The molecule has 1 aromatic carbocycles. The third kappa shape index (κ3) is 2.69. The van der Waals surface area contributed by atoms with E-state index in [0.717, 1.165) is 5.56 Å². The largest absolute Gasteiger partial charge is 0.447 e. The standard InChI is InChI=1S/C14H16ClNO3S/c1-3-16(13-7-5-4-6-11(13)2)20(17,18)14-9-8-12(10-15)19-14/h4-9H,3,10H2,1-2H3. The Labute approximate surface area is 124 Å². The number of benzene rings is 1. The number of halogens is 1. The number of hydrogen-bond acceptors (Lipinski definition) is 3. The zero-order valence-electron chi connectivity index (χ0n) is 11.3. The van der Waals surface area contributed by atoms with Crippen LogP contribution in [0, 0.1) is 6.92 Å². The molecule has 0 N–H and O–H groups in total. The molecule has 0 aliphatic carbocycles. The third-order valence-corrected chi connectivity index (χ3v) is 5.01. The lowest BCUT2D eigenvalue weighted by molar-refractivity contribution is 0.425. The van der Waals surface area contributed by atoms with E-state index >= 15 is 0 Å². The highest BCUT2D eigenvalue weighted by atomic mass is 35.5. The molecule has 4 nitrogen and oxygen atoms in total. The highest BCUT2D eigenvalue weighted by Gasteiger charge is 2.27. The maximum atomic E-state index is 12.6. The highest BCUT2D eigenvalue weighted by Crippen LogP contribution is 2.27. The van der Waals surface area contributed by atoms with Crippen LogP contribution in [0.1, 0.15) is 18.2 Å². The van der Waals surface area contributed by atoms with Crippen molar-refractivity contribution in [2.75, 3.05) is 10.8 Å². The maximum absolute atomic E-state index is 12.6. The molecule has 0 amide bonds. The minimum atomic E-state index is -3.71. The van der Waals surface area contributed by atoms with E-state index in [1.807, 2.05) is 25.1 Å². The van der Waals surface area contributed by atoms with Crippen LogP contribution in [0.2, 0.25) is 0 Å². The van der Waals surface area contributed by atoms with Crippen LogP contribution >= 0.6 is 11.6 Å². The molecule has 0 spiro atoms. The SMILES string of the molecule is CCN(c1ccccc1C)S(=O)(=O)c1ccc(CCl)o1. The molecule has 1 aromatic heterocycles. The number of sulfonamides is 1. The lowest BCUT2D eigenvalue weighted by atomic mass is 10.2. The quantitative estimate of drug-likeness (QED) is 0.793. The lowest BCUT2D eigenvalue weighted by Crippen LogP contribution is -2.31.